The minimum atomic E-state index is -5.18. The van der Waals surface area contributed by atoms with Crippen LogP contribution < -0.4 is 30.3 Å². The van der Waals surface area contributed by atoms with E-state index in [1.54, 1.807) is 0 Å². The Hall–Kier alpha value is -4.30. The van der Waals surface area contributed by atoms with Gasteiger partial charge in [0.1, 0.15) is 0 Å². The summed E-state index contributed by atoms with van der Waals surface area (Å²) >= 11 is 0. The monoisotopic (exact) mass is 1090 g/mol. The van der Waals surface area contributed by atoms with E-state index in [9.17, 15) is 9.79 Å². The van der Waals surface area contributed by atoms with Crippen molar-refractivity contribution in [1.29, 1.82) is 0 Å². The molecule has 0 aliphatic carbocycles. The van der Waals surface area contributed by atoms with Crippen molar-refractivity contribution < 1.29 is 18.8 Å². The maximum atomic E-state index is 10.2. The van der Waals surface area contributed by atoms with E-state index in [0.717, 1.165) is 49.7 Å². The molecule has 6 rings (SSSR count). The van der Waals surface area contributed by atoms with Crippen LogP contribution in [0, 0.1) is 27.7 Å². The molecular formula is C72H102O4P2. The summed E-state index contributed by atoms with van der Waals surface area (Å²) in [5, 5.41) is 3.57. The van der Waals surface area contributed by atoms with E-state index < -0.39 is 26.3 Å². The van der Waals surface area contributed by atoms with Gasteiger partial charge in [0.2, 0.25) is 0 Å². The third kappa shape index (κ3) is 12.2. The molecule has 2 N–H and O–H groups in total. The van der Waals surface area contributed by atoms with Crippen LogP contribution in [0.5, 0.6) is 11.5 Å². The Morgan fingerprint density at radius 3 is 0.808 bits per heavy atom. The topological polar surface area (TPSA) is 58.9 Å². The quantitative estimate of drug-likeness (QED) is 0.142. The van der Waals surface area contributed by atoms with Crippen molar-refractivity contribution in [3.63, 3.8) is 0 Å². The van der Waals surface area contributed by atoms with Gasteiger partial charge in [-0.1, -0.05) is 0 Å². The molecule has 0 saturated carbocycles. The summed E-state index contributed by atoms with van der Waals surface area (Å²) in [6.45, 7) is 65.1. The zero-order valence-electron chi connectivity index (χ0n) is 53.8. The van der Waals surface area contributed by atoms with Gasteiger partial charge in [-0.25, -0.2) is 0 Å². The molecule has 0 fully saturated rings. The van der Waals surface area contributed by atoms with E-state index in [1.807, 2.05) is 24.3 Å². The molecule has 0 amide bonds. The average molecular weight is 1090 g/mol. The normalized spacial score (nSPS) is 14.2. The fourth-order valence-corrected chi connectivity index (χ4v) is 18.1. The van der Waals surface area contributed by atoms with E-state index in [1.165, 1.54) is 55.6 Å². The van der Waals surface area contributed by atoms with Gasteiger partial charge in [0.15, 0.2) is 0 Å². The van der Waals surface area contributed by atoms with E-state index in [-0.39, 0.29) is 32.5 Å². The predicted molar refractivity (Wildman–Crippen MR) is 344 cm³/mol. The number of aryl methyl sites for hydroxylation is 4. The average Bonchev–Trinajstić information content (AvgIpc) is 3.25. The van der Waals surface area contributed by atoms with Crippen LogP contribution in [0.15, 0.2) is 97.1 Å². The zero-order chi connectivity index (χ0) is 59.3. The van der Waals surface area contributed by atoms with Gasteiger partial charge in [0.25, 0.3) is 0 Å². The number of rotatable bonds is 9. The molecule has 0 atom stereocenters. The van der Waals surface area contributed by atoms with Crippen molar-refractivity contribution >= 4 is 36.7 Å². The summed E-state index contributed by atoms with van der Waals surface area (Å²) in [5.74, 6) is 1.62. The minimum absolute atomic E-state index is 0.137. The first-order valence-electron chi connectivity index (χ1n) is 28.6. The first-order valence-corrected chi connectivity index (χ1v) is 31.9. The van der Waals surface area contributed by atoms with Crippen molar-refractivity contribution in [3.8, 4) is 22.6 Å². The molecule has 0 saturated heterocycles. The van der Waals surface area contributed by atoms with Crippen LogP contribution in [0.25, 0.3) is 11.1 Å². The second-order valence-electron chi connectivity index (χ2n) is 31.2. The van der Waals surface area contributed by atoms with Crippen molar-refractivity contribution in [2.24, 2.45) is 0 Å². The molecule has 6 heteroatoms. The van der Waals surface area contributed by atoms with Gasteiger partial charge < -0.3 is 0 Å². The number of hydrogen-bond acceptors (Lipinski definition) is 4. The Kier molecular flexibility index (Phi) is 16.6. The molecule has 0 heterocycles. The maximum absolute atomic E-state index is 10.2. The summed E-state index contributed by atoms with van der Waals surface area (Å²) in [6, 6.07) is 36.3. The molecule has 0 aromatic heterocycles. The van der Waals surface area contributed by atoms with Gasteiger partial charge in [-0.15, -0.1) is 0 Å². The van der Waals surface area contributed by atoms with Crippen LogP contribution in [0.3, 0.4) is 0 Å². The van der Waals surface area contributed by atoms with Gasteiger partial charge >= 0.3 is 479 Å². The zero-order valence-corrected chi connectivity index (χ0v) is 55.6. The van der Waals surface area contributed by atoms with Crippen LogP contribution in [0.2, 0.25) is 0 Å². The molecule has 0 unspecified atom stereocenters. The van der Waals surface area contributed by atoms with E-state index in [4.69, 9.17) is 9.05 Å². The molecule has 6 aromatic carbocycles. The van der Waals surface area contributed by atoms with Gasteiger partial charge in [0, 0.05) is 0 Å². The fourth-order valence-electron chi connectivity index (χ4n) is 12.0. The number of benzene rings is 6. The van der Waals surface area contributed by atoms with Gasteiger partial charge in [-0.2, -0.15) is 0 Å². The first-order chi connectivity index (χ1) is 35.1. The van der Waals surface area contributed by atoms with E-state index in [0.29, 0.717) is 5.30 Å². The molecular weight excluding hydrogens is 991 g/mol. The fraction of sp³-hybridized carbons (Fsp3) is 0.500. The molecule has 0 radical (unpaired) electrons. The van der Waals surface area contributed by atoms with Crippen molar-refractivity contribution in [2.45, 2.75) is 237 Å². The molecule has 4 nitrogen and oxygen atoms in total. The van der Waals surface area contributed by atoms with Crippen molar-refractivity contribution in [1.82, 2.24) is 0 Å². The number of hydrogen-bond donors (Lipinski definition) is 2. The summed E-state index contributed by atoms with van der Waals surface area (Å²) < 4.78 is 18.3. The molecule has 424 valence electrons. The summed E-state index contributed by atoms with van der Waals surface area (Å²) in [6.07, 6.45) is 0. The first kappa shape index (κ1) is 62.9. The van der Waals surface area contributed by atoms with Crippen molar-refractivity contribution in [2.75, 3.05) is 0 Å². The standard InChI is InChI=1S/C72H102O4P2/c1-45-37-61(57(69(17,18)19)41-53(45)65(5,6)7)75-78(63-39-47(3)55(67(11,12)13)43-59(63)71(23,24)25,64-40-48(4)56(68(14,15)16)44-60(64)72(26,27)28,52-35-31-50(32-36-52)49-29-33-51(34-30-49)77(73)74)76-62-38-46(2)54(66(8,9)10)42-58(62)70(20,21)22/h29-44,73-74H,1-28H3. The summed E-state index contributed by atoms with van der Waals surface area (Å²) in [7, 11) is -7.41. The third-order valence-electron chi connectivity index (χ3n) is 16.0. The summed E-state index contributed by atoms with van der Waals surface area (Å²) in [5.41, 5.74) is 14.2. The van der Waals surface area contributed by atoms with Gasteiger partial charge in [0.05, 0.1) is 0 Å². The predicted octanol–water partition coefficient (Wildman–Crippen LogP) is 18.7. The molecule has 0 aliphatic rings. The Balaban J connectivity index is 2.15. The van der Waals surface area contributed by atoms with Gasteiger partial charge in [-0.05, 0) is 0 Å². The Morgan fingerprint density at radius 1 is 0.308 bits per heavy atom. The van der Waals surface area contributed by atoms with Crippen LogP contribution in [-0.4, -0.2) is 9.79 Å². The van der Waals surface area contributed by atoms with Gasteiger partial charge in [-0.3, -0.25) is 0 Å². The summed E-state index contributed by atoms with van der Waals surface area (Å²) in [4.78, 5) is 20.4. The molecule has 0 bridgehead atoms. The SMILES string of the molecule is Cc1cc(OP(Oc2cc(C)c(C(C)(C)C)cc2C(C)(C)C)(c2ccc(-c3ccc(P(O)O)cc3)cc2)(c2cc(C)c(C(C)(C)C)cc2C(C)(C)C)c2cc(C)c(C(C)(C)C)cc2C(C)(C)C)c(C(C)(C)C)cc1C(C)(C)C. The van der Waals surface area contributed by atoms with E-state index >= 15 is 0 Å². The third-order valence-corrected chi connectivity index (χ3v) is 21.6. The molecule has 6 aromatic rings. The molecule has 78 heavy (non-hydrogen) atoms. The molecule has 0 aliphatic heterocycles. The van der Waals surface area contributed by atoms with Crippen LogP contribution >= 0.6 is 15.4 Å². The Bertz CT molecular complexity index is 3020. The van der Waals surface area contributed by atoms with Crippen LogP contribution in [0.1, 0.15) is 233 Å². The second-order valence-corrected chi connectivity index (χ2v) is 36.1. The Labute approximate surface area is 476 Å². The van der Waals surface area contributed by atoms with Crippen molar-refractivity contribution in [3.05, 3.63) is 164 Å². The van der Waals surface area contributed by atoms with E-state index in [2.05, 4.69) is 267 Å². The second kappa shape index (κ2) is 20.6. The Morgan fingerprint density at radius 2 is 0.551 bits per heavy atom. The van der Waals surface area contributed by atoms with Crippen LogP contribution in [0.4, 0.5) is 0 Å². The molecule has 0 spiro atoms. The van der Waals surface area contributed by atoms with Crippen LogP contribution in [-0.2, 0) is 43.3 Å².